The molecule has 0 saturated heterocycles. The third-order valence-electron chi connectivity index (χ3n) is 2.26. The van der Waals surface area contributed by atoms with Gasteiger partial charge in [0.05, 0.1) is 12.7 Å². The fraction of sp³-hybridized carbons (Fsp3) is 0.308. The van der Waals surface area contributed by atoms with Gasteiger partial charge in [0.2, 0.25) is 0 Å². The van der Waals surface area contributed by atoms with Gasteiger partial charge in [-0.05, 0) is 44.0 Å². The molecule has 0 aromatic heterocycles. The van der Waals surface area contributed by atoms with Gasteiger partial charge in [-0.3, -0.25) is 0 Å². The summed E-state index contributed by atoms with van der Waals surface area (Å²) in [6.07, 6.45) is 2.73. The Morgan fingerprint density at radius 1 is 1.44 bits per heavy atom. The van der Waals surface area contributed by atoms with E-state index in [0.29, 0.717) is 6.42 Å². The summed E-state index contributed by atoms with van der Waals surface area (Å²) in [6.45, 7) is 4.01. The minimum absolute atomic E-state index is 0.290. The Balaban J connectivity index is 3.07. The third kappa shape index (κ3) is 3.12. The van der Waals surface area contributed by atoms with Crippen LogP contribution in [-0.4, -0.2) is 18.2 Å². The molecule has 1 rings (SSSR count). The lowest BCUT2D eigenvalue weighted by Crippen LogP contribution is -1.99. The number of methoxy groups -OCH3 is 1. The van der Waals surface area contributed by atoms with Crippen LogP contribution in [0.3, 0.4) is 0 Å². The van der Waals surface area contributed by atoms with E-state index in [9.17, 15) is 4.79 Å². The number of hydrogen-bond donors (Lipinski definition) is 1. The van der Waals surface area contributed by atoms with Crippen LogP contribution in [0.25, 0.3) is 0 Å². The van der Waals surface area contributed by atoms with Crippen LogP contribution in [-0.2, 0) is 6.42 Å². The van der Waals surface area contributed by atoms with Gasteiger partial charge < -0.3 is 9.84 Å². The number of carboxylic acids is 1. The first-order chi connectivity index (χ1) is 7.54. The van der Waals surface area contributed by atoms with E-state index in [-0.39, 0.29) is 5.56 Å². The second-order valence-corrected chi connectivity index (χ2v) is 3.82. The molecule has 1 aromatic rings. The fourth-order valence-electron chi connectivity index (χ4n) is 1.39. The highest BCUT2D eigenvalue weighted by molar-refractivity contribution is 5.88. The predicted molar refractivity (Wildman–Crippen MR) is 63.1 cm³/mol. The molecule has 0 amide bonds. The van der Waals surface area contributed by atoms with Gasteiger partial charge in [-0.25, -0.2) is 4.79 Å². The number of hydrogen-bond acceptors (Lipinski definition) is 2. The fourth-order valence-corrected chi connectivity index (χ4v) is 1.39. The quantitative estimate of drug-likeness (QED) is 0.793. The zero-order valence-corrected chi connectivity index (χ0v) is 9.78. The molecule has 1 N–H and O–H groups in total. The third-order valence-corrected chi connectivity index (χ3v) is 2.26. The van der Waals surface area contributed by atoms with Gasteiger partial charge in [0, 0.05) is 0 Å². The van der Waals surface area contributed by atoms with Crippen molar-refractivity contribution in [2.24, 2.45) is 0 Å². The monoisotopic (exact) mass is 220 g/mol. The molecule has 3 nitrogen and oxygen atoms in total. The van der Waals surface area contributed by atoms with E-state index in [1.807, 2.05) is 19.9 Å². The first-order valence-electron chi connectivity index (χ1n) is 5.08. The van der Waals surface area contributed by atoms with E-state index in [1.54, 1.807) is 25.3 Å². The lowest BCUT2D eigenvalue weighted by Gasteiger charge is -2.07. The minimum Gasteiger partial charge on any atom is -0.496 e. The topological polar surface area (TPSA) is 46.5 Å². The van der Waals surface area contributed by atoms with Crippen LogP contribution < -0.4 is 4.74 Å². The van der Waals surface area contributed by atoms with Crippen molar-refractivity contribution in [2.75, 3.05) is 7.11 Å². The number of carbonyl (C=O) groups is 1. The highest BCUT2D eigenvalue weighted by Gasteiger charge is 2.07. The highest BCUT2D eigenvalue weighted by atomic mass is 16.5. The van der Waals surface area contributed by atoms with Gasteiger partial charge >= 0.3 is 5.97 Å². The van der Waals surface area contributed by atoms with Crippen molar-refractivity contribution >= 4 is 5.97 Å². The summed E-state index contributed by atoms with van der Waals surface area (Å²) in [6, 6.07) is 4.89. The summed E-state index contributed by atoms with van der Waals surface area (Å²) in [7, 11) is 1.59. The second kappa shape index (κ2) is 5.35. The average molecular weight is 220 g/mol. The van der Waals surface area contributed by atoms with Crippen LogP contribution in [0.4, 0.5) is 0 Å². The molecule has 1 aromatic carbocycles. The number of carboxylic acid groups (broad SMARTS) is 1. The van der Waals surface area contributed by atoms with Crippen molar-refractivity contribution in [1.82, 2.24) is 0 Å². The van der Waals surface area contributed by atoms with Crippen molar-refractivity contribution in [1.29, 1.82) is 0 Å². The van der Waals surface area contributed by atoms with Gasteiger partial charge in [-0.1, -0.05) is 11.6 Å². The molecule has 0 unspecified atom stereocenters. The van der Waals surface area contributed by atoms with Gasteiger partial charge in [-0.2, -0.15) is 0 Å². The number of benzene rings is 1. The van der Waals surface area contributed by atoms with E-state index < -0.39 is 5.97 Å². The van der Waals surface area contributed by atoms with Crippen LogP contribution in [0.5, 0.6) is 5.75 Å². The van der Waals surface area contributed by atoms with Crippen molar-refractivity contribution < 1.29 is 14.6 Å². The molecule has 0 saturated carbocycles. The molecule has 0 bridgehead atoms. The Labute approximate surface area is 95.4 Å². The zero-order valence-electron chi connectivity index (χ0n) is 9.78. The van der Waals surface area contributed by atoms with Crippen molar-refractivity contribution in [2.45, 2.75) is 20.3 Å². The Morgan fingerprint density at radius 3 is 2.62 bits per heavy atom. The molecule has 16 heavy (non-hydrogen) atoms. The zero-order chi connectivity index (χ0) is 12.1. The first kappa shape index (κ1) is 12.3. The number of rotatable bonds is 4. The normalized spacial score (nSPS) is 9.69. The van der Waals surface area contributed by atoms with Gasteiger partial charge in [-0.15, -0.1) is 0 Å². The number of allylic oxidation sites excluding steroid dienone is 2. The van der Waals surface area contributed by atoms with Crippen molar-refractivity contribution in [3.05, 3.63) is 41.0 Å². The van der Waals surface area contributed by atoms with E-state index >= 15 is 0 Å². The molecule has 0 fully saturated rings. The molecule has 3 heteroatoms. The molecule has 0 aliphatic heterocycles. The van der Waals surface area contributed by atoms with Crippen LogP contribution in [0.1, 0.15) is 29.8 Å². The molecule has 86 valence electrons. The summed E-state index contributed by atoms with van der Waals surface area (Å²) < 4.78 is 5.19. The Morgan fingerprint density at radius 2 is 2.12 bits per heavy atom. The summed E-state index contributed by atoms with van der Waals surface area (Å²) in [4.78, 5) is 10.8. The molecule has 0 atom stereocenters. The molecule has 0 radical (unpaired) electrons. The van der Waals surface area contributed by atoms with E-state index in [1.165, 1.54) is 5.57 Å². The Hall–Kier alpha value is -1.77. The second-order valence-electron chi connectivity index (χ2n) is 3.82. The summed E-state index contributed by atoms with van der Waals surface area (Å²) >= 11 is 0. The smallest absolute Gasteiger partial charge is 0.335 e. The van der Waals surface area contributed by atoms with Crippen LogP contribution in [0, 0.1) is 0 Å². The predicted octanol–water partition coefficient (Wildman–Crippen LogP) is 2.90. The highest BCUT2D eigenvalue weighted by Crippen LogP contribution is 2.21. The maximum Gasteiger partial charge on any atom is 0.335 e. The van der Waals surface area contributed by atoms with Crippen LogP contribution in [0.2, 0.25) is 0 Å². The van der Waals surface area contributed by atoms with Crippen molar-refractivity contribution in [3.8, 4) is 5.75 Å². The SMILES string of the molecule is COc1ccc(C(=O)O)cc1CC=C(C)C. The number of aromatic carboxylic acids is 1. The largest absolute Gasteiger partial charge is 0.496 e. The standard InChI is InChI=1S/C13H16O3/c1-9(2)4-5-10-8-11(13(14)15)6-7-12(10)16-3/h4,6-8H,5H2,1-3H3,(H,14,15). The van der Waals surface area contributed by atoms with Gasteiger partial charge in [0.25, 0.3) is 0 Å². The van der Waals surface area contributed by atoms with Crippen molar-refractivity contribution in [3.63, 3.8) is 0 Å². The molecular weight excluding hydrogens is 204 g/mol. The van der Waals surface area contributed by atoms with Crippen LogP contribution >= 0.6 is 0 Å². The lowest BCUT2D eigenvalue weighted by atomic mass is 10.1. The van der Waals surface area contributed by atoms with E-state index in [4.69, 9.17) is 9.84 Å². The molecule has 0 spiro atoms. The lowest BCUT2D eigenvalue weighted by molar-refractivity contribution is 0.0696. The Kier molecular flexibility index (Phi) is 4.11. The molecule has 0 heterocycles. The minimum atomic E-state index is -0.916. The maximum atomic E-state index is 10.8. The van der Waals surface area contributed by atoms with Gasteiger partial charge in [0.1, 0.15) is 5.75 Å². The van der Waals surface area contributed by atoms with Gasteiger partial charge in [0.15, 0.2) is 0 Å². The summed E-state index contributed by atoms with van der Waals surface area (Å²) in [5, 5.41) is 8.89. The molecule has 0 aliphatic carbocycles. The summed E-state index contributed by atoms with van der Waals surface area (Å²) in [5.74, 6) is -0.191. The molecular formula is C13H16O3. The average Bonchev–Trinajstić information content (AvgIpc) is 2.25. The van der Waals surface area contributed by atoms with E-state index in [2.05, 4.69) is 0 Å². The van der Waals surface area contributed by atoms with Crippen LogP contribution in [0.15, 0.2) is 29.8 Å². The first-order valence-corrected chi connectivity index (χ1v) is 5.08. The van der Waals surface area contributed by atoms with E-state index in [0.717, 1.165) is 11.3 Å². The summed E-state index contributed by atoms with van der Waals surface area (Å²) in [5.41, 5.74) is 2.38. The maximum absolute atomic E-state index is 10.8. The molecule has 0 aliphatic rings. The Bertz CT molecular complexity index is 415. The number of ether oxygens (including phenoxy) is 1.